The maximum atomic E-state index is 4.81. The minimum absolute atomic E-state index is 0.106. The SMILES string of the molecule is Cc1cp(-c2ccccc2)c(-c2c(C)c(C)cp2-c2ccccc2)c1C.[Cl][Pd][Cl]. The molecule has 0 N–H and O–H groups in total. The van der Waals surface area contributed by atoms with Gasteiger partial charge >= 0.3 is 35.0 Å². The van der Waals surface area contributed by atoms with Crippen LogP contribution in [0.2, 0.25) is 0 Å². The third-order valence-electron chi connectivity index (χ3n) is 5.31. The van der Waals surface area contributed by atoms with Crippen LogP contribution in [0.1, 0.15) is 22.3 Å². The van der Waals surface area contributed by atoms with Crippen molar-refractivity contribution in [3.8, 4) is 21.2 Å². The predicted octanol–water partition coefficient (Wildman–Crippen LogP) is 9.92. The van der Waals surface area contributed by atoms with E-state index in [1.54, 1.807) is 10.6 Å². The van der Waals surface area contributed by atoms with Crippen LogP contribution in [0.5, 0.6) is 0 Å². The van der Waals surface area contributed by atoms with Crippen LogP contribution in [-0.4, -0.2) is 0 Å². The van der Waals surface area contributed by atoms with Gasteiger partial charge in [-0.25, -0.2) is 0 Å². The van der Waals surface area contributed by atoms with Gasteiger partial charge in [-0.15, -0.1) is 0 Å². The van der Waals surface area contributed by atoms with Crippen molar-refractivity contribution in [2.45, 2.75) is 27.7 Å². The average Bonchev–Trinajstić information content (AvgIpc) is 3.19. The van der Waals surface area contributed by atoms with E-state index < -0.39 is 15.1 Å². The molecule has 2 unspecified atom stereocenters. The van der Waals surface area contributed by atoms with Gasteiger partial charge in [0.05, 0.1) is 0 Å². The fourth-order valence-electron chi connectivity index (χ4n) is 3.61. The van der Waals surface area contributed by atoms with Crippen LogP contribution < -0.4 is 0 Å². The summed E-state index contributed by atoms with van der Waals surface area (Å²) in [6.45, 7) is 9.19. The Hall–Kier alpha value is -0.758. The summed E-state index contributed by atoms with van der Waals surface area (Å²) in [7, 11) is 8.80. The molecule has 0 bridgehead atoms. The zero-order chi connectivity index (χ0) is 21.0. The molecule has 0 saturated heterocycles. The summed E-state index contributed by atoms with van der Waals surface area (Å²) in [5.74, 6) is 5.03. The molecule has 5 heteroatoms. The monoisotopic (exact) mass is 550 g/mol. The first-order valence-corrected chi connectivity index (χ1v) is 16.1. The predicted molar refractivity (Wildman–Crippen MR) is 131 cm³/mol. The van der Waals surface area contributed by atoms with Crippen molar-refractivity contribution in [1.82, 2.24) is 0 Å². The van der Waals surface area contributed by atoms with Crippen molar-refractivity contribution in [3.63, 3.8) is 0 Å². The quantitative estimate of drug-likeness (QED) is 0.222. The van der Waals surface area contributed by atoms with Gasteiger partial charge in [0.25, 0.3) is 0 Å². The summed E-state index contributed by atoms with van der Waals surface area (Å²) in [5.41, 5.74) is 5.87. The number of halogens is 2. The molecule has 2 aromatic heterocycles. The summed E-state index contributed by atoms with van der Waals surface area (Å²) in [5, 5.41) is 6.12. The molecule has 2 aromatic carbocycles. The van der Waals surface area contributed by atoms with Crippen molar-refractivity contribution in [3.05, 3.63) is 94.5 Å². The molecule has 154 valence electrons. The van der Waals surface area contributed by atoms with Crippen LogP contribution in [-0.2, 0) is 15.9 Å². The van der Waals surface area contributed by atoms with E-state index >= 15 is 0 Å². The number of hydrogen-bond donors (Lipinski definition) is 0. The Labute approximate surface area is 192 Å². The maximum absolute atomic E-state index is 4.81. The Kier molecular flexibility index (Phi) is 8.31. The van der Waals surface area contributed by atoms with E-state index in [2.05, 4.69) is 100.0 Å². The molecule has 4 rings (SSSR count). The zero-order valence-corrected chi connectivity index (χ0v) is 21.8. The second-order valence-corrected chi connectivity index (χ2v) is 13.3. The van der Waals surface area contributed by atoms with E-state index in [0.29, 0.717) is 0 Å². The fraction of sp³-hybridized carbons (Fsp3) is 0.167. The van der Waals surface area contributed by atoms with Crippen LogP contribution in [0.3, 0.4) is 0 Å². The molecule has 0 radical (unpaired) electrons. The van der Waals surface area contributed by atoms with Crippen molar-refractivity contribution >= 4 is 34.1 Å². The molecule has 0 spiro atoms. The van der Waals surface area contributed by atoms with E-state index in [9.17, 15) is 0 Å². The van der Waals surface area contributed by atoms with Gasteiger partial charge in [0.15, 0.2) is 0 Å². The molecular formula is C24H24Cl2P2Pd. The van der Waals surface area contributed by atoms with E-state index in [1.807, 2.05) is 0 Å². The summed E-state index contributed by atoms with van der Waals surface area (Å²) in [4.78, 5) is 0. The van der Waals surface area contributed by atoms with E-state index in [4.69, 9.17) is 19.1 Å². The van der Waals surface area contributed by atoms with E-state index in [-0.39, 0.29) is 15.9 Å². The Bertz CT molecular complexity index is 996. The molecule has 0 aliphatic carbocycles. The second kappa shape index (κ2) is 10.5. The molecule has 2 heterocycles. The fourth-order valence-corrected chi connectivity index (χ4v) is 9.35. The van der Waals surface area contributed by atoms with Gasteiger partial charge in [-0.1, -0.05) is 75.7 Å². The molecule has 2 atom stereocenters. The van der Waals surface area contributed by atoms with Crippen molar-refractivity contribution in [2.24, 2.45) is 0 Å². The van der Waals surface area contributed by atoms with Gasteiger partial charge < -0.3 is 0 Å². The Morgan fingerprint density at radius 3 is 1.21 bits per heavy atom. The number of hydrogen-bond acceptors (Lipinski definition) is 0. The van der Waals surface area contributed by atoms with Crippen LogP contribution >= 0.6 is 34.1 Å². The molecule has 0 aliphatic heterocycles. The van der Waals surface area contributed by atoms with Crippen molar-refractivity contribution in [1.29, 1.82) is 0 Å². The van der Waals surface area contributed by atoms with Crippen LogP contribution in [0.15, 0.2) is 72.3 Å². The minimum atomic E-state index is -0.413. The van der Waals surface area contributed by atoms with E-state index in [1.165, 1.54) is 32.9 Å². The molecule has 0 saturated carbocycles. The van der Waals surface area contributed by atoms with Gasteiger partial charge in [-0.3, -0.25) is 0 Å². The first-order chi connectivity index (χ1) is 14.0. The van der Waals surface area contributed by atoms with Gasteiger partial charge in [-0.2, -0.15) is 0 Å². The summed E-state index contributed by atoms with van der Waals surface area (Å²) >= 11 is -0.106. The topological polar surface area (TPSA) is 0 Å². The average molecular weight is 552 g/mol. The molecule has 29 heavy (non-hydrogen) atoms. The second-order valence-electron chi connectivity index (χ2n) is 7.03. The third kappa shape index (κ3) is 4.95. The zero-order valence-electron chi connectivity index (χ0n) is 16.9. The van der Waals surface area contributed by atoms with Crippen LogP contribution in [0.4, 0.5) is 0 Å². The standard InChI is InChI=1S/C24H24P2.2ClH.Pd/c1-17-15-25(21-11-7-5-8-12-21)23(19(17)3)24-20(4)18(2)16-26(24)22-13-9-6-10-14-22;;;/h5-16H,1-4H3;2*1H;/q;;;+2/p-2. The molecule has 0 aliphatic rings. The number of aryl methyl sites for hydroxylation is 2. The molecule has 0 fully saturated rings. The van der Waals surface area contributed by atoms with Gasteiger partial charge in [0.1, 0.15) is 0 Å². The summed E-state index contributed by atoms with van der Waals surface area (Å²) in [6.07, 6.45) is 0. The first kappa shape index (κ1) is 22.9. The summed E-state index contributed by atoms with van der Waals surface area (Å²) in [6, 6.07) is 22.1. The molecule has 0 nitrogen and oxygen atoms in total. The normalized spacial score (nSPS) is 11.9. The Morgan fingerprint density at radius 2 is 0.897 bits per heavy atom. The molecular weight excluding hydrogens is 528 g/mol. The van der Waals surface area contributed by atoms with Gasteiger partial charge in [-0.05, 0) is 72.2 Å². The van der Waals surface area contributed by atoms with Crippen LogP contribution in [0, 0.1) is 27.7 Å². The van der Waals surface area contributed by atoms with Crippen molar-refractivity contribution < 1.29 is 15.9 Å². The number of benzene rings is 2. The number of rotatable bonds is 3. The van der Waals surface area contributed by atoms with Gasteiger partial charge in [0.2, 0.25) is 0 Å². The van der Waals surface area contributed by atoms with E-state index in [0.717, 1.165) is 0 Å². The molecule has 0 amide bonds. The summed E-state index contributed by atoms with van der Waals surface area (Å²) < 4.78 is 0. The Balaban J connectivity index is 0.000000755. The van der Waals surface area contributed by atoms with Crippen molar-refractivity contribution in [2.75, 3.05) is 0 Å². The Morgan fingerprint density at radius 1 is 0.586 bits per heavy atom. The first-order valence-electron chi connectivity index (χ1n) is 9.30. The third-order valence-corrected chi connectivity index (χ3v) is 10.6. The van der Waals surface area contributed by atoms with Crippen LogP contribution in [0.25, 0.3) is 21.2 Å². The molecule has 4 aromatic rings. The van der Waals surface area contributed by atoms with Gasteiger partial charge in [0, 0.05) is 10.6 Å².